The Kier molecular flexibility index (Phi) is 5.40. The molecule has 0 spiro atoms. The van der Waals surface area contributed by atoms with Gasteiger partial charge in [0, 0.05) is 17.1 Å². The van der Waals surface area contributed by atoms with Gasteiger partial charge in [-0.15, -0.1) is 0 Å². The van der Waals surface area contributed by atoms with E-state index >= 15 is 0 Å². The molecule has 0 bridgehead atoms. The summed E-state index contributed by atoms with van der Waals surface area (Å²) in [6.45, 7) is 1.72. The predicted octanol–water partition coefficient (Wildman–Crippen LogP) is 3.94. The minimum atomic E-state index is -4.77. The number of ether oxygens (including phenoxy) is 1. The lowest BCUT2D eigenvalue weighted by molar-refractivity contribution is -0.150. The predicted molar refractivity (Wildman–Crippen MR) is 99.9 cm³/mol. The lowest BCUT2D eigenvalue weighted by Gasteiger charge is -2.22. The van der Waals surface area contributed by atoms with E-state index in [1.54, 1.807) is 35.9 Å². The second-order valence-electron chi connectivity index (χ2n) is 6.43. The summed E-state index contributed by atoms with van der Waals surface area (Å²) in [5, 5.41) is 0.615. The Balaban J connectivity index is 1.95. The topological polar surface area (TPSA) is 71.2 Å². The van der Waals surface area contributed by atoms with Gasteiger partial charge >= 0.3 is 6.18 Å². The first-order chi connectivity index (χ1) is 13.1. The summed E-state index contributed by atoms with van der Waals surface area (Å²) in [4.78, 5) is 2.56. The average molecular weight is 412 g/mol. The minimum Gasteiger partial charge on any atom is -0.495 e. The maximum Gasteiger partial charge on any atom is 0.405 e. The van der Waals surface area contributed by atoms with Gasteiger partial charge in [-0.25, -0.2) is 8.42 Å². The van der Waals surface area contributed by atoms with E-state index in [1.165, 1.54) is 31.5 Å². The first kappa shape index (κ1) is 20.2. The minimum absolute atomic E-state index is 0.0134. The fraction of sp³-hybridized carbons (Fsp3) is 0.263. The highest BCUT2D eigenvalue weighted by atomic mass is 32.2. The lowest BCUT2D eigenvalue weighted by Crippen LogP contribution is -2.46. The Morgan fingerprint density at radius 3 is 2.57 bits per heavy atom. The van der Waals surface area contributed by atoms with E-state index in [-0.39, 0.29) is 10.6 Å². The molecule has 0 aliphatic carbocycles. The first-order valence-corrected chi connectivity index (χ1v) is 9.89. The third kappa shape index (κ3) is 4.15. The Bertz CT molecular complexity index is 1090. The van der Waals surface area contributed by atoms with Crippen LogP contribution < -0.4 is 9.46 Å². The van der Waals surface area contributed by atoms with Crippen molar-refractivity contribution in [2.75, 3.05) is 7.11 Å². The molecule has 150 valence electrons. The Labute approximate surface area is 160 Å². The van der Waals surface area contributed by atoms with Crippen molar-refractivity contribution in [1.29, 1.82) is 0 Å². The van der Waals surface area contributed by atoms with Crippen LogP contribution in [0.1, 0.15) is 11.1 Å². The van der Waals surface area contributed by atoms with Crippen LogP contribution in [0.5, 0.6) is 5.75 Å². The number of sulfonamides is 1. The molecule has 2 N–H and O–H groups in total. The molecular formula is C19H19F3N2O3S. The molecular weight excluding hydrogens is 393 g/mol. The van der Waals surface area contributed by atoms with Crippen molar-refractivity contribution in [3.63, 3.8) is 0 Å². The number of methoxy groups -OCH3 is 1. The molecule has 0 amide bonds. The van der Waals surface area contributed by atoms with Crippen LogP contribution in [-0.4, -0.2) is 32.7 Å². The highest BCUT2D eigenvalue weighted by molar-refractivity contribution is 7.89. The summed E-state index contributed by atoms with van der Waals surface area (Å²) < 4.78 is 73.1. The summed E-state index contributed by atoms with van der Waals surface area (Å²) in [7, 11) is -3.20. The van der Waals surface area contributed by atoms with E-state index < -0.39 is 28.7 Å². The number of halogens is 3. The van der Waals surface area contributed by atoms with Crippen LogP contribution in [0.4, 0.5) is 13.2 Å². The van der Waals surface area contributed by atoms with Crippen molar-refractivity contribution >= 4 is 20.9 Å². The van der Waals surface area contributed by atoms with Crippen LogP contribution in [0.2, 0.25) is 0 Å². The third-order valence-electron chi connectivity index (χ3n) is 4.40. The van der Waals surface area contributed by atoms with Crippen molar-refractivity contribution in [3.05, 3.63) is 59.8 Å². The van der Waals surface area contributed by atoms with Gasteiger partial charge in [-0.3, -0.25) is 0 Å². The van der Waals surface area contributed by atoms with Crippen molar-refractivity contribution in [1.82, 2.24) is 9.71 Å². The Hall–Kier alpha value is -2.52. The van der Waals surface area contributed by atoms with Gasteiger partial charge in [0.15, 0.2) is 0 Å². The molecule has 9 heteroatoms. The number of aryl methyl sites for hydroxylation is 1. The molecule has 0 aliphatic heterocycles. The zero-order chi connectivity index (χ0) is 20.5. The van der Waals surface area contributed by atoms with E-state index in [0.717, 1.165) is 5.56 Å². The van der Waals surface area contributed by atoms with Crippen LogP contribution in [0.15, 0.2) is 53.6 Å². The molecule has 3 rings (SSSR count). The number of fused-ring (bicyclic) bond motifs is 1. The number of hydrogen-bond acceptors (Lipinski definition) is 3. The largest absolute Gasteiger partial charge is 0.495 e. The van der Waals surface area contributed by atoms with Gasteiger partial charge in [0.05, 0.1) is 7.11 Å². The van der Waals surface area contributed by atoms with Gasteiger partial charge in [-0.2, -0.15) is 17.9 Å². The summed E-state index contributed by atoms with van der Waals surface area (Å²) in [6, 6.07) is 8.79. The fourth-order valence-corrected chi connectivity index (χ4v) is 4.37. The van der Waals surface area contributed by atoms with E-state index in [9.17, 15) is 21.6 Å². The van der Waals surface area contributed by atoms with Gasteiger partial charge in [-0.05, 0) is 42.7 Å². The van der Waals surface area contributed by atoms with E-state index in [2.05, 4.69) is 4.98 Å². The number of para-hydroxylation sites is 1. The van der Waals surface area contributed by atoms with E-state index in [4.69, 9.17) is 4.74 Å². The second-order valence-corrected chi connectivity index (χ2v) is 8.12. The third-order valence-corrected chi connectivity index (χ3v) is 5.91. The van der Waals surface area contributed by atoms with Gasteiger partial charge in [0.1, 0.15) is 16.7 Å². The van der Waals surface area contributed by atoms with Gasteiger partial charge in [0.25, 0.3) is 0 Å². The standard InChI is InChI=1S/C19H19F3N2O3S/c1-12-7-8-17(16(9-12)27-2)28(25,26)24-18(19(20,21)22)10-13-11-23-15-6-4-3-5-14(13)15/h3-9,11,18,23-24H,10H2,1-2H3. The molecule has 0 saturated heterocycles. The molecule has 1 aromatic heterocycles. The van der Waals surface area contributed by atoms with Crippen LogP contribution in [0.3, 0.4) is 0 Å². The zero-order valence-electron chi connectivity index (χ0n) is 15.2. The highest BCUT2D eigenvalue weighted by Gasteiger charge is 2.43. The molecule has 0 aliphatic rings. The van der Waals surface area contributed by atoms with Crippen molar-refractivity contribution in [2.24, 2.45) is 0 Å². The molecule has 28 heavy (non-hydrogen) atoms. The van der Waals surface area contributed by atoms with E-state index in [1.807, 2.05) is 0 Å². The summed E-state index contributed by atoms with van der Waals surface area (Å²) >= 11 is 0. The van der Waals surface area contributed by atoms with Crippen LogP contribution in [0, 0.1) is 6.92 Å². The number of H-pyrrole nitrogens is 1. The number of rotatable bonds is 6. The van der Waals surface area contributed by atoms with Crippen LogP contribution >= 0.6 is 0 Å². The number of hydrogen-bond donors (Lipinski definition) is 2. The van der Waals surface area contributed by atoms with Crippen molar-refractivity contribution in [3.8, 4) is 5.75 Å². The smallest absolute Gasteiger partial charge is 0.405 e. The Morgan fingerprint density at radius 2 is 1.89 bits per heavy atom. The fourth-order valence-electron chi connectivity index (χ4n) is 2.99. The average Bonchev–Trinajstić information content (AvgIpc) is 3.03. The molecule has 0 saturated carbocycles. The number of nitrogens with one attached hydrogen (secondary N) is 2. The molecule has 2 aromatic carbocycles. The number of alkyl halides is 3. The quantitative estimate of drug-likeness (QED) is 0.644. The maximum atomic E-state index is 13.6. The van der Waals surface area contributed by atoms with Gasteiger partial charge in [-0.1, -0.05) is 24.3 Å². The molecule has 3 aromatic rings. The number of aromatic nitrogens is 1. The number of aromatic amines is 1. The maximum absolute atomic E-state index is 13.6. The summed E-state index contributed by atoms with van der Waals surface area (Å²) in [5.74, 6) is -0.0134. The second kappa shape index (κ2) is 7.48. The molecule has 0 radical (unpaired) electrons. The van der Waals surface area contributed by atoms with Crippen molar-refractivity contribution < 1.29 is 26.3 Å². The SMILES string of the molecule is COc1cc(C)ccc1S(=O)(=O)NC(Cc1c[nH]c2ccccc12)C(F)(F)F. The summed E-state index contributed by atoms with van der Waals surface area (Å²) in [5.41, 5.74) is 1.78. The van der Waals surface area contributed by atoms with Gasteiger partial charge < -0.3 is 9.72 Å². The van der Waals surface area contributed by atoms with Crippen LogP contribution in [-0.2, 0) is 16.4 Å². The zero-order valence-corrected chi connectivity index (χ0v) is 16.0. The summed E-state index contributed by atoms with van der Waals surface area (Å²) in [6.07, 6.45) is -3.85. The van der Waals surface area contributed by atoms with Crippen LogP contribution in [0.25, 0.3) is 10.9 Å². The molecule has 1 unspecified atom stereocenters. The normalized spacial score (nSPS) is 13.6. The molecule has 0 fully saturated rings. The van der Waals surface area contributed by atoms with E-state index in [0.29, 0.717) is 16.5 Å². The highest BCUT2D eigenvalue weighted by Crippen LogP contribution is 2.30. The number of benzene rings is 2. The molecule has 5 nitrogen and oxygen atoms in total. The van der Waals surface area contributed by atoms with Gasteiger partial charge in [0.2, 0.25) is 10.0 Å². The monoisotopic (exact) mass is 412 g/mol. The molecule has 1 atom stereocenters. The lowest BCUT2D eigenvalue weighted by atomic mass is 10.1. The molecule has 1 heterocycles. The van der Waals surface area contributed by atoms with Crippen molar-refractivity contribution in [2.45, 2.75) is 30.5 Å². The Morgan fingerprint density at radius 1 is 1.18 bits per heavy atom. The first-order valence-electron chi connectivity index (χ1n) is 8.40.